The molecule has 2 fully saturated rings. The minimum absolute atomic E-state index is 0.196. The number of rotatable bonds is 5. The van der Waals surface area contributed by atoms with Crippen LogP contribution < -0.4 is 0 Å². The van der Waals surface area contributed by atoms with E-state index in [1.54, 1.807) is 6.26 Å². The van der Waals surface area contributed by atoms with E-state index in [9.17, 15) is 9.35 Å². The van der Waals surface area contributed by atoms with Crippen molar-refractivity contribution in [1.29, 1.82) is 0 Å². The van der Waals surface area contributed by atoms with Gasteiger partial charge in [-0.3, -0.25) is 0 Å². The summed E-state index contributed by atoms with van der Waals surface area (Å²) in [6.07, 6.45) is 8.35. The summed E-state index contributed by atoms with van der Waals surface area (Å²) >= 11 is -0.912. The Morgan fingerprint density at radius 3 is 2.20 bits per heavy atom. The monoisotopic (exact) mass is 435 g/mol. The predicted molar refractivity (Wildman–Crippen MR) is 120 cm³/mol. The van der Waals surface area contributed by atoms with E-state index in [0.717, 1.165) is 63.1 Å². The van der Waals surface area contributed by atoms with E-state index in [1.807, 2.05) is 37.8 Å². The summed E-state index contributed by atoms with van der Waals surface area (Å²) < 4.78 is 23.3. The van der Waals surface area contributed by atoms with E-state index in [1.165, 1.54) is 5.56 Å². The van der Waals surface area contributed by atoms with Crippen molar-refractivity contribution in [3.05, 3.63) is 29.8 Å². The third-order valence-electron chi connectivity index (χ3n) is 6.19. The molecule has 168 valence electrons. The first-order valence-corrected chi connectivity index (χ1v) is 12.8. The SMILES string of the molecule is C[S+]([O-])c1ccc(C2CCC(OCC3CCN(C(=O)OC(C)(C)C)CC3)CC2)cc1. The molecule has 1 unspecified atom stereocenters. The van der Waals surface area contributed by atoms with Gasteiger partial charge in [0.1, 0.15) is 11.9 Å². The van der Waals surface area contributed by atoms with Crippen LogP contribution in [0.1, 0.15) is 70.8 Å². The Kier molecular flexibility index (Phi) is 8.11. The summed E-state index contributed by atoms with van der Waals surface area (Å²) in [5, 5.41) is 0. The zero-order chi connectivity index (χ0) is 21.7. The number of likely N-dealkylation sites (tertiary alicyclic amines) is 1. The summed E-state index contributed by atoms with van der Waals surface area (Å²) in [5.74, 6) is 1.12. The molecule has 6 heteroatoms. The number of hydrogen-bond donors (Lipinski definition) is 0. The van der Waals surface area contributed by atoms with Gasteiger partial charge in [-0.2, -0.15) is 0 Å². The number of nitrogens with zero attached hydrogens (tertiary/aromatic N) is 1. The molecule has 0 aromatic heterocycles. The van der Waals surface area contributed by atoms with Gasteiger partial charge in [0.2, 0.25) is 0 Å². The normalized spacial score (nSPS) is 24.5. The van der Waals surface area contributed by atoms with Crippen LogP contribution in [0.2, 0.25) is 0 Å². The smallest absolute Gasteiger partial charge is 0.410 e. The number of piperidine rings is 1. The molecule has 1 aliphatic heterocycles. The second-order valence-electron chi connectivity index (χ2n) is 9.74. The minimum Gasteiger partial charge on any atom is -0.612 e. The number of carbonyl (C=O) groups is 1. The summed E-state index contributed by atoms with van der Waals surface area (Å²) in [6.45, 7) is 8.03. The molecule has 2 aliphatic rings. The zero-order valence-corrected chi connectivity index (χ0v) is 19.7. The minimum atomic E-state index is -0.912. The second-order valence-corrected chi connectivity index (χ2v) is 11.1. The Labute approximate surface area is 184 Å². The highest BCUT2D eigenvalue weighted by Crippen LogP contribution is 2.35. The number of ether oxygens (including phenoxy) is 2. The van der Waals surface area contributed by atoms with Crippen LogP contribution in [0.15, 0.2) is 29.2 Å². The third-order valence-corrected chi connectivity index (χ3v) is 7.13. The number of hydrogen-bond acceptors (Lipinski definition) is 4. The zero-order valence-electron chi connectivity index (χ0n) is 18.9. The molecule has 0 bridgehead atoms. The van der Waals surface area contributed by atoms with E-state index < -0.39 is 16.8 Å². The van der Waals surface area contributed by atoms with Crippen molar-refractivity contribution in [3.8, 4) is 0 Å². The molecule has 1 saturated carbocycles. The van der Waals surface area contributed by atoms with Crippen molar-refractivity contribution < 1.29 is 18.8 Å². The van der Waals surface area contributed by atoms with Crippen LogP contribution in [0, 0.1) is 5.92 Å². The molecule has 1 saturated heterocycles. The van der Waals surface area contributed by atoms with Gasteiger partial charge in [-0.25, -0.2) is 4.79 Å². The number of carbonyl (C=O) groups excluding carboxylic acids is 1. The standard InChI is InChI=1S/C24H37NO4S/c1-24(2,3)29-23(26)25-15-13-18(14-16-25)17-28-21-9-5-19(6-10-21)20-7-11-22(12-8-20)30(4)27/h7-8,11-12,18-19,21H,5-6,9-10,13-17H2,1-4H3. The van der Waals surface area contributed by atoms with E-state index in [2.05, 4.69) is 12.1 Å². The lowest BCUT2D eigenvalue weighted by Gasteiger charge is -2.34. The van der Waals surface area contributed by atoms with Crippen molar-refractivity contribution >= 4 is 17.3 Å². The predicted octanol–water partition coefficient (Wildman–Crippen LogP) is 5.11. The quantitative estimate of drug-likeness (QED) is 0.603. The van der Waals surface area contributed by atoms with E-state index in [-0.39, 0.29) is 6.09 Å². The lowest BCUT2D eigenvalue weighted by Crippen LogP contribution is -2.42. The topological polar surface area (TPSA) is 61.8 Å². The van der Waals surface area contributed by atoms with Crippen LogP contribution in [0.4, 0.5) is 4.79 Å². The maximum Gasteiger partial charge on any atom is 0.410 e. The van der Waals surface area contributed by atoms with Gasteiger partial charge in [0.25, 0.3) is 0 Å². The highest BCUT2D eigenvalue weighted by Gasteiger charge is 2.28. The molecule has 0 N–H and O–H groups in total. The number of benzene rings is 1. The molecule has 1 aromatic carbocycles. The lowest BCUT2D eigenvalue weighted by molar-refractivity contribution is -0.0143. The van der Waals surface area contributed by atoms with Crippen molar-refractivity contribution in [1.82, 2.24) is 4.90 Å². The average molecular weight is 436 g/mol. The fourth-order valence-corrected chi connectivity index (χ4v) is 4.89. The van der Waals surface area contributed by atoms with Crippen LogP contribution >= 0.6 is 0 Å². The highest BCUT2D eigenvalue weighted by atomic mass is 32.2. The van der Waals surface area contributed by atoms with Gasteiger partial charge in [0.05, 0.1) is 6.10 Å². The summed E-state index contributed by atoms with van der Waals surface area (Å²) in [7, 11) is 0. The fraction of sp³-hybridized carbons (Fsp3) is 0.708. The molecular weight excluding hydrogens is 398 g/mol. The molecule has 1 aliphatic carbocycles. The van der Waals surface area contributed by atoms with Crippen molar-refractivity contribution in [2.75, 3.05) is 26.0 Å². The average Bonchev–Trinajstić information content (AvgIpc) is 2.72. The van der Waals surface area contributed by atoms with Gasteiger partial charge in [-0.1, -0.05) is 12.1 Å². The molecule has 0 spiro atoms. The van der Waals surface area contributed by atoms with Crippen molar-refractivity contribution in [3.63, 3.8) is 0 Å². The number of amides is 1. The van der Waals surface area contributed by atoms with Crippen LogP contribution in [-0.4, -0.2) is 53.2 Å². The van der Waals surface area contributed by atoms with E-state index >= 15 is 0 Å². The van der Waals surface area contributed by atoms with Crippen LogP contribution in [0.3, 0.4) is 0 Å². The molecule has 1 aromatic rings. The Balaban J connectivity index is 1.35. The highest BCUT2D eigenvalue weighted by molar-refractivity contribution is 7.90. The third kappa shape index (κ3) is 6.89. The first kappa shape index (κ1) is 23.4. The molecule has 5 nitrogen and oxygen atoms in total. The van der Waals surface area contributed by atoms with Crippen molar-refractivity contribution in [2.24, 2.45) is 5.92 Å². The Hall–Kier alpha value is -1.24. The van der Waals surface area contributed by atoms with Gasteiger partial charge in [-0.15, -0.1) is 0 Å². The Morgan fingerprint density at radius 1 is 1.07 bits per heavy atom. The first-order chi connectivity index (χ1) is 14.2. The Morgan fingerprint density at radius 2 is 1.67 bits per heavy atom. The van der Waals surface area contributed by atoms with Crippen LogP contribution in [0.5, 0.6) is 0 Å². The van der Waals surface area contributed by atoms with Crippen LogP contribution in [-0.2, 0) is 20.6 Å². The first-order valence-electron chi connectivity index (χ1n) is 11.2. The molecule has 3 rings (SSSR count). The largest absolute Gasteiger partial charge is 0.612 e. The molecule has 30 heavy (non-hydrogen) atoms. The molecular formula is C24H37NO4S. The summed E-state index contributed by atoms with van der Waals surface area (Å²) in [6, 6.07) is 8.28. The van der Waals surface area contributed by atoms with Gasteiger partial charge in [0.15, 0.2) is 4.90 Å². The summed E-state index contributed by atoms with van der Waals surface area (Å²) in [4.78, 5) is 14.9. The fourth-order valence-electron chi connectivity index (χ4n) is 4.38. The van der Waals surface area contributed by atoms with Gasteiger partial charge in [-0.05, 0) is 100 Å². The Bertz CT molecular complexity index is 669. The maximum atomic E-state index is 12.2. The maximum absolute atomic E-state index is 12.2. The van der Waals surface area contributed by atoms with Gasteiger partial charge in [0, 0.05) is 19.7 Å². The molecule has 1 heterocycles. The second kappa shape index (κ2) is 10.4. The molecule has 1 amide bonds. The summed E-state index contributed by atoms with van der Waals surface area (Å²) in [5.41, 5.74) is 0.921. The van der Waals surface area contributed by atoms with Gasteiger partial charge >= 0.3 is 6.09 Å². The van der Waals surface area contributed by atoms with Crippen molar-refractivity contribution in [2.45, 2.75) is 81.8 Å². The molecule has 0 radical (unpaired) electrons. The molecule has 1 atom stereocenters. The van der Waals surface area contributed by atoms with E-state index in [0.29, 0.717) is 17.9 Å². The lowest BCUT2D eigenvalue weighted by atomic mass is 9.82. The van der Waals surface area contributed by atoms with Gasteiger partial charge < -0.3 is 18.9 Å². The van der Waals surface area contributed by atoms with Crippen LogP contribution in [0.25, 0.3) is 0 Å². The van der Waals surface area contributed by atoms with E-state index in [4.69, 9.17) is 9.47 Å².